The molecule has 0 heterocycles. The van der Waals surface area contributed by atoms with E-state index in [9.17, 15) is 4.79 Å². The molecule has 0 radical (unpaired) electrons. The quantitative estimate of drug-likeness (QED) is 0.473. The number of rotatable bonds is 4. The molecule has 1 atom stereocenters. The highest BCUT2D eigenvalue weighted by molar-refractivity contribution is 9.09. The normalized spacial score (nSPS) is 10.8. The van der Waals surface area contributed by atoms with E-state index in [1.54, 1.807) is 0 Å². The van der Waals surface area contributed by atoms with Crippen molar-refractivity contribution in [3.05, 3.63) is 12.7 Å². The third kappa shape index (κ3) is 14.5. The molecule has 4 heteroatoms. The first-order valence-corrected chi connectivity index (χ1v) is 5.09. The Balaban J connectivity index is 0. The van der Waals surface area contributed by atoms with Gasteiger partial charge in [-0.1, -0.05) is 19.9 Å². The zero-order valence-electron chi connectivity index (χ0n) is 8.47. The summed E-state index contributed by atoms with van der Waals surface area (Å²) in [5.41, 5.74) is 0. The van der Waals surface area contributed by atoms with Gasteiger partial charge in [-0.15, -0.1) is 0 Å². The maximum absolute atomic E-state index is 10.5. The molecule has 13 heavy (non-hydrogen) atoms. The van der Waals surface area contributed by atoms with Crippen molar-refractivity contribution in [2.24, 2.45) is 0 Å². The molecule has 0 amide bonds. The number of ether oxygens (including phenoxy) is 1. The van der Waals surface area contributed by atoms with E-state index in [1.165, 1.54) is 0 Å². The van der Waals surface area contributed by atoms with Gasteiger partial charge in [-0.2, -0.15) is 0 Å². The molecule has 0 bridgehead atoms. The molecule has 0 fully saturated rings. The summed E-state index contributed by atoms with van der Waals surface area (Å²) in [6.07, 6.45) is 2.98. The van der Waals surface area contributed by atoms with Crippen molar-refractivity contribution in [2.45, 2.75) is 24.8 Å². The maximum atomic E-state index is 10.5. The van der Waals surface area contributed by atoms with Crippen LogP contribution in [-0.2, 0) is 9.53 Å². The number of halogens is 1. The summed E-state index contributed by atoms with van der Waals surface area (Å²) < 4.78 is 4.80. The van der Waals surface area contributed by atoms with Gasteiger partial charge in [-0.25, -0.2) is 4.79 Å². The van der Waals surface area contributed by atoms with E-state index in [0.29, 0.717) is 0 Å². The van der Waals surface area contributed by atoms with Crippen LogP contribution in [0.15, 0.2) is 12.7 Å². The van der Waals surface area contributed by atoms with E-state index in [1.807, 2.05) is 21.0 Å². The maximum Gasteiger partial charge on any atom is 0.331 e. The molecule has 1 unspecified atom stereocenters. The van der Waals surface area contributed by atoms with Crippen molar-refractivity contribution in [2.75, 3.05) is 14.1 Å². The van der Waals surface area contributed by atoms with E-state index in [0.717, 1.165) is 18.9 Å². The van der Waals surface area contributed by atoms with Gasteiger partial charge in [-0.05, 0) is 36.4 Å². The second kappa shape index (κ2) is 11.6. The largest absolute Gasteiger partial charge is 0.448 e. The van der Waals surface area contributed by atoms with E-state index in [2.05, 4.69) is 27.8 Å². The average Bonchev–Trinajstić information content (AvgIpc) is 2.06. The number of carbonyl (C=O) groups excluding carboxylic acids is 1. The van der Waals surface area contributed by atoms with Crippen LogP contribution in [0.3, 0.4) is 0 Å². The number of alkyl halides is 1. The molecule has 0 aromatic heterocycles. The lowest BCUT2D eigenvalue weighted by atomic mass is 10.4. The molecule has 0 aliphatic heterocycles. The zero-order chi connectivity index (χ0) is 10.7. The van der Waals surface area contributed by atoms with Gasteiger partial charge in [0, 0.05) is 6.08 Å². The number of hydrogen-bond donors (Lipinski definition) is 1. The summed E-state index contributed by atoms with van der Waals surface area (Å²) >= 11 is 3.19. The van der Waals surface area contributed by atoms with Gasteiger partial charge >= 0.3 is 5.97 Å². The van der Waals surface area contributed by atoms with Crippen LogP contribution in [0.25, 0.3) is 0 Å². The molecule has 0 aliphatic rings. The van der Waals surface area contributed by atoms with E-state index in [4.69, 9.17) is 4.74 Å². The number of esters is 1. The molecule has 3 nitrogen and oxygen atoms in total. The van der Waals surface area contributed by atoms with Gasteiger partial charge in [0.25, 0.3) is 0 Å². The Labute approximate surface area is 88.7 Å². The molecule has 0 aromatic carbocycles. The molecule has 0 rings (SSSR count). The van der Waals surface area contributed by atoms with Crippen LogP contribution >= 0.6 is 15.9 Å². The van der Waals surface area contributed by atoms with Crippen LogP contribution in [0.5, 0.6) is 0 Å². The first-order chi connectivity index (χ1) is 6.12. The molecular weight excluding hydrogens is 234 g/mol. The smallest absolute Gasteiger partial charge is 0.331 e. The highest BCUT2D eigenvalue weighted by Crippen LogP contribution is 2.09. The van der Waals surface area contributed by atoms with Crippen molar-refractivity contribution in [1.82, 2.24) is 5.32 Å². The Morgan fingerprint density at radius 1 is 1.69 bits per heavy atom. The first-order valence-electron chi connectivity index (χ1n) is 4.17. The summed E-state index contributed by atoms with van der Waals surface area (Å²) in [5.74, 6) is -0.379. The fourth-order valence-corrected chi connectivity index (χ4v) is 1.10. The first kappa shape index (κ1) is 15.1. The number of nitrogens with one attached hydrogen (secondary N) is 1. The van der Waals surface area contributed by atoms with Gasteiger partial charge in [0.05, 0.1) is 0 Å². The lowest BCUT2D eigenvalue weighted by molar-refractivity contribution is -0.139. The van der Waals surface area contributed by atoms with Crippen LogP contribution in [0, 0.1) is 0 Å². The molecule has 0 saturated carbocycles. The van der Waals surface area contributed by atoms with Crippen LogP contribution in [0.1, 0.15) is 19.8 Å². The second-order valence-electron chi connectivity index (χ2n) is 2.34. The zero-order valence-corrected chi connectivity index (χ0v) is 10.1. The minimum absolute atomic E-state index is 0.164. The topological polar surface area (TPSA) is 38.3 Å². The summed E-state index contributed by atoms with van der Waals surface area (Å²) in [7, 11) is 3.75. The van der Waals surface area contributed by atoms with Gasteiger partial charge in [0.2, 0.25) is 0 Å². The molecule has 0 spiro atoms. The predicted octanol–water partition coefficient (Wildman–Crippen LogP) is 2.07. The van der Waals surface area contributed by atoms with Crippen molar-refractivity contribution < 1.29 is 9.53 Å². The van der Waals surface area contributed by atoms with Gasteiger partial charge in [0.1, 0.15) is 0 Å². The van der Waals surface area contributed by atoms with E-state index < -0.39 is 0 Å². The van der Waals surface area contributed by atoms with Crippen molar-refractivity contribution in [3.63, 3.8) is 0 Å². The monoisotopic (exact) mass is 251 g/mol. The Bertz CT molecular complexity index is 140. The molecule has 0 aliphatic carbocycles. The van der Waals surface area contributed by atoms with Crippen molar-refractivity contribution in [3.8, 4) is 0 Å². The SMILES string of the molecule is C=CC(=O)OC(Br)CCC.CNC. The summed E-state index contributed by atoms with van der Waals surface area (Å²) in [4.78, 5) is 10.5. The summed E-state index contributed by atoms with van der Waals surface area (Å²) in [6, 6.07) is 0. The van der Waals surface area contributed by atoms with E-state index in [-0.39, 0.29) is 11.0 Å². The Hall–Kier alpha value is -0.350. The summed E-state index contributed by atoms with van der Waals surface area (Å²) in [6.45, 7) is 5.30. The van der Waals surface area contributed by atoms with E-state index >= 15 is 0 Å². The van der Waals surface area contributed by atoms with Crippen LogP contribution in [0.4, 0.5) is 0 Å². The Morgan fingerprint density at radius 3 is 2.46 bits per heavy atom. The van der Waals surface area contributed by atoms with Crippen LogP contribution < -0.4 is 5.32 Å². The minimum Gasteiger partial charge on any atom is -0.448 e. The van der Waals surface area contributed by atoms with Crippen LogP contribution in [-0.4, -0.2) is 25.1 Å². The molecule has 0 aromatic rings. The molecule has 78 valence electrons. The standard InChI is InChI=1S/C7H11BrO2.C2H7N/c1-3-5-6(8)10-7(9)4-2;1-3-2/h4,6H,2-3,5H2,1H3;3H,1-2H3. The number of hydrogen-bond acceptors (Lipinski definition) is 3. The number of carbonyl (C=O) groups is 1. The van der Waals surface area contributed by atoms with Gasteiger partial charge < -0.3 is 10.1 Å². The lowest BCUT2D eigenvalue weighted by Crippen LogP contribution is -2.08. The minimum atomic E-state index is -0.379. The Morgan fingerprint density at radius 2 is 2.15 bits per heavy atom. The van der Waals surface area contributed by atoms with Crippen molar-refractivity contribution in [1.29, 1.82) is 0 Å². The fraction of sp³-hybridized carbons (Fsp3) is 0.667. The highest BCUT2D eigenvalue weighted by atomic mass is 79.9. The second-order valence-corrected chi connectivity index (χ2v) is 3.36. The molecular formula is C9H18BrNO2. The van der Waals surface area contributed by atoms with Crippen molar-refractivity contribution >= 4 is 21.9 Å². The summed E-state index contributed by atoms with van der Waals surface area (Å²) in [5, 5.41) is 2.59. The third-order valence-electron chi connectivity index (χ3n) is 0.926. The average molecular weight is 252 g/mol. The predicted molar refractivity (Wildman–Crippen MR) is 58.9 cm³/mol. The Kier molecular flexibility index (Phi) is 13.6. The van der Waals surface area contributed by atoms with Gasteiger partial charge in [-0.3, -0.25) is 0 Å². The lowest BCUT2D eigenvalue weighted by Gasteiger charge is -2.07. The van der Waals surface area contributed by atoms with Gasteiger partial charge in [0.15, 0.2) is 5.01 Å². The third-order valence-corrected chi connectivity index (χ3v) is 1.57. The molecule has 0 saturated heterocycles. The molecule has 1 N–H and O–H groups in total. The highest BCUT2D eigenvalue weighted by Gasteiger charge is 2.05. The van der Waals surface area contributed by atoms with Crippen LogP contribution in [0.2, 0.25) is 0 Å². The fourth-order valence-electron chi connectivity index (χ4n) is 0.460.